The van der Waals surface area contributed by atoms with E-state index in [1.807, 2.05) is 24.3 Å². The van der Waals surface area contributed by atoms with Gasteiger partial charge in [-0.1, -0.05) is 17.7 Å². The molecule has 2 unspecified atom stereocenters. The van der Waals surface area contributed by atoms with Gasteiger partial charge in [0.2, 0.25) is 0 Å². The van der Waals surface area contributed by atoms with E-state index in [0.29, 0.717) is 17.5 Å². The van der Waals surface area contributed by atoms with Crippen LogP contribution in [0.3, 0.4) is 0 Å². The van der Waals surface area contributed by atoms with Crippen LogP contribution in [0.2, 0.25) is 5.02 Å². The summed E-state index contributed by atoms with van der Waals surface area (Å²) in [7, 11) is 0. The summed E-state index contributed by atoms with van der Waals surface area (Å²) in [6.45, 7) is 4.52. The first-order valence-electron chi connectivity index (χ1n) is 7.04. The molecule has 5 heteroatoms. The van der Waals surface area contributed by atoms with Crippen LogP contribution in [0.4, 0.5) is 10.5 Å². The predicted octanol–water partition coefficient (Wildman–Crippen LogP) is 3.05. The summed E-state index contributed by atoms with van der Waals surface area (Å²) in [4.78, 5) is 14.0. The molecule has 2 heterocycles. The van der Waals surface area contributed by atoms with Crippen LogP contribution < -0.4 is 10.2 Å². The van der Waals surface area contributed by atoms with Gasteiger partial charge in [0.15, 0.2) is 0 Å². The van der Waals surface area contributed by atoms with Crippen LogP contribution in [-0.2, 0) is 4.74 Å². The Morgan fingerprint density at radius 3 is 3.05 bits per heavy atom. The second-order valence-corrected chi connectivity index (χ2v) is 6.21. The van der Waals surface area contributed by atoms with Gasteiger partial charge in [-0.15, -0.1) is 0 Å². The van der Waals surface area contributed by atoms with Crippen LogP contribution in [0.25, 0.3) is 0 Å². The van der Waals surface area contributed by atoms with Gasteiger partial charge in [-0.3, -0.25) is 4.90 Å². The van der Waals surface area contributed by atoms with Crippen LogP contribution in [-0.4, -0.2) is 31.3 Å². The Balaban J connectivity index is 1.95. The zero-order chi connectivity index (χ0) is 14.2. The zero-order valence-electron chi connectivity index (χ0n) is 11.6. The topological polar surface area (TPSA) is 41.6 Å². The van der Waals surface area contributed by atoms with Crippen molar-refractivity contribution in [1.82, 2.24) is 5.32 Å². The van der Waals surface area contributed by atoms with Crippen molar-refractivity contribution in [1.29, 1.82) is 0 Å². The Bertz CT molecular complexity index is 516. The van der Waals surface area contributed by atoms with Gasteiger partial charge in [-0.25, -0.2) is 4.79 Å². The van der Waals surface area contributed by atoms with Gasteiger partial charge >= 0.3 is 6.09 Å². The minimum absolute atomic E-state index is 0.277. The lowest BCUT2D eigenvalue weighted by Gasteiger charge is -2.41. The first-order valence-corrected chi connectivity index (χ1v) is 7.42. The third-order valence-electron chi connectivity index (χ3n) is 4.42. The molecule has 4 nitrogen and oxygen atoms in total. The number of hydrogen-bond acceptors (Lipinski definition) is 3. The van der Waals surface area contributed by atoms with Crippen molar-refractivity contribution in [3.63, 3.8) is 0 Å². The summed E-state index contributed by atoms with van der Waals surface area (Å²) < 4.78 is 5.34. The van der Waals surface area contributed by atoms with Crippen molar-refractivity contribution in [2.75, 3.05) is 24.6 Å². The van der Waals surface area contributed by atoms with Gasteiger partial charge in [-0.2, -0.15) is 0 Å². The number of cyclic esters (lactones) is 1. The fourth-order valence-corrected chi connectivity index (χ4v) is 3.43. The average Bonchev–Trinajstić information content (AvgIpc) is 2.77. The second kappa shape index (κ2) is 5.26. The molecule has 0 spiro atoms. The highest BCUT2D eigenvalue weighted by atomic mass is 35.5. The number of carbonyl (C=O) groups excluding carboxylic acids is 1. The van der Waals surface area contributed by atoms with Crippen molar-refractivity contribution in [3.8, 4) is 0 Å². The molecule has 2 saturated heterocycles. The van der Waals surface area contributed by atoms with E-state index in [4.69, 9.17) is 16.3 Å². The molecule has 2 aliphatic heterocycles. The number of piperidine rings is 1. The Morgan fingerprint density at radius 1 is 1.50 bits per heavy atom. The molecular formula is C15H19ClN2O2. The van der Waals surface area contributed by atoms with Crippen molar-refractivity contribution >= 4 is 23.4 Å². The summed E-state index contributed by atoms with van der Waals surface area (Å²) in [5.41, 5.74) is 0.503. The third-order valence-corrected chi connectivity index (χ3v) is 4.66. The lowest BCUT2D eigenvalue weighted by atomic mass is 9.80. The maximum absolute atomic E-state index is 12.2. The molecular weight excluding hydrogens is 276 g/mol. The number of benzene rings is 1. The summed E-state index contributed by atoms with van der Waals surface area (Å²) in [5, 5.41) is 4.05. The number of hydrogen-bond donors (Lipinski definition) is 1. The fourth-order valence-electron chi connectivity index (χ4n) is 3.24. The lowest BCUT2D eigenvalue weighted by molar-refractivity contribution is 0.157. The Hall–Kier alpha value is -1.26. The minimum atomic E-state index is -0.310. The molecule has 1 amide bonds. The lowest BCUT2D eigenvalue weighted by Crippen LogP contribution is -2.55. The van der Waals surface area contributed by atoms with Gasteiger partial charge in [0.25, 0.3) is 0 Å². The van der Waals surface area contributed by atoms with Crippen LogP contribution in [0.1, 0.15) is 19.8 Å². The average molecular weight is 295 g/mol. The molecule has 20 heavy (non-hydrogen) atoms. The number of nitrogens with zero attached hydrogens (tertiary/aromatic N) is 1. The molecule has 2 aliphatic rings. The molecule has 1 aromatic carbocycles. The monoisotopic (exact) mass is 294 g/mol. The maximum Gasteiger partial charge on any atom is 0.415 e. The van der Waals surface area contributed by atoms with E-state index < -0.39 is 0 Å². The molecule has 0 aromatic heterocycles. The SMILES string of the molecule is CC1(C2CCCNC2)COC(=O)N1c1cccc(Cl)c1. The maximum atomic E-state index is 12.2. The first-order chi connectivity index (χ1) is 9.61. The van der Waals surface area contributed by atoms with E-state index in [-0.39, 0.29) is 11.6 Å². The molecule has 0 saturated carbocycles. The van der Waals surface area contributed by atoms with Crippen molar-refractivity contribution in [2.24, 2.45) is 5.92 Å². The van der Waals surface area contributed by atoms with Crippen LogP contribution in [0.5, 0.6) is 0 Å². The number of rotatable bonds is 2. The predicted molar refractivity (Wildman–Crippen MR) is 79.3 cm³/mol. The highest BCUT2D eigenvalue weighted by molar-refractivity contribution is 6.30. The van der Waals surface area contributed by atoms with Crippen LogP contribution >= 0.6 is 11.6 Å². The number of anilines is 1. The van der Waals surface area contributed by atoms with Gasteiger partial charge in [0.05, 0.1) is 5.54 Å². The molecule has 1 aromatic rings. The minimum Gasteiger partial charge on any atom is -0.447 e. The molecule has 0 aliphatic carbocycles. The molecule has 108 valence electrons. The molecule has 2 fully saturated rings. The number of ether oxygens (including phenoxy) is 1. The normalized spacial score (nSPS) is 30.4. The van der Waals surface area contributed by atoms with Gasteiger partial charge in [-0.05, 0) is 50.4 Å². The number of amides is 1. The van der Waals surface area contributed by atoms with E-state index in [0.717, 1.165) is 31.6 Å². The largest absolute Gasteiger partial charge is 0.447 e. The van der Waals surface area contributed by atoms with Gasteiger partial charge in [0, 0.05) is 17.3 Å². The quantitative estimate of drug-likeness (QED) is 0.911. The molecule has 1 N–H and O–H groups in total. The highest BCUT2D eigenvalue weighted by Gasteiger charge is 2.49. The summed E-state index contributed by atoms with van der Waals surface area (Å²) in [5.74, 6) is 0.390. The molecule has 3 rings (SSSR count). The van der Waals surface area contributed by atoms with Crippen LogP contribution in [0.15, 0.2) is 24.3 Å². The van der Waals surface area contributed by atoms with E-state index in [9.17, 15) is 4.79 Å². The van der Waals surface area contributed by atoms with Gasteiger partial charge < -0.3 is 10.1 Å². The molecule has 2 atom stereocenters. The summed E-state index contributed by atoms with van der Waals surface area (Å²) in [6.07, 6.45) is 1.97. The standard InChI is InChI=1S/C15H19ClN2O2/c1-15(11-4-3-7-17-9-11)10-20-14(19)18(15)13-6-2-5-12(16)8-13/h2,5-6,8,11,17H,3-4,7,9-10H2,1H3. The van der Waals surface area contributed by atoms with Crippen molar-refractivity contribution in [2.45, 2.75) is 25.3 Å². The molecule has 0 bridgehead atoms. The highest BCUT2D eigenvalue weighted by Crippen LogP contribution is 2.39. The smallest absolute Gasteiger partial charge is 0.415 e. The number of nitrogens with one attached hydrogen (secondary N) is 1. The van der Waals surface area contributed by atoms with E-state index in [1.165, 1.54) is 0 Å². The Kier molecular flexibility index (Phi) is 3.61. The zero-order valence-corrected chi connectivity index (χ0v) is 12.3. The fraction of sp³-hybridized carbons (Fsp3) is 0.533. The van der Waals surface area contributed by atoms with Crippen LogP contribution in [0, 0.1) is 5.92 Å². The van der Waals surface area contributed by atoms with Gasteiger partial charge in [0.1, 0.15) is 6.61 Å². The van der Waals surface area contributed by atoms with Crippen molar-refractivity contribution < 1.29 is 9.53 Å². The Morgan fingerprint density at radius 2 is 2.35 bits per heavy atom. The Labute approximate surface area is 124 Å². The molecule has 0 radical (unpaired) electrons. The third kappa shape index (κ3) is 2.27. The first kappa shape index (κ1) is 13.7. The number of halogens is 1. The van der Waals surface area contributed by atoms with Crippen molar-refractivity contribution in [3.05, 3.63) is 29.3 Å². The van der Waals surface area contributed by atoms with E-state index >= 15 is 0 Å². The summed E-state index contributed by atoms with van der Waals surface area (Å²) >= 11 is 6.06. The van der Waals surface area contributed by atoms with E-state index in [1.54, 1.807) is 4.90 Å². The number of carbonyl (C=O) groups is 1. The van der Waals surface area contributed by atoms with E-state index in [2.05, 4.69) is 12.2 Å². The summed E-state index contributed by atoms with van der Waals surface area (Å²) in [6, 6.07) is 7.41. The second-order valence-electron chi connectivity index (χ2n) is 5.77.